The zero-order valence-electron chi connectivity index (χ0n) is 12.4. The molecule has 1 aliphatic rings. The monoisotopic (exact) mass is 317 g/mol. The van der Waals surface area contributed by atoms with Crippen LogP contribution in [0.4, 0.5) is 4.79 Å². The van der Waals surface area contributed by atoms with Crippen LogP contribution in [0.5, 0.6) is 5.75 Å². The highest BCUT2D eigenvalue weighted by Gasteiger charge is 2.25. The first kappa shape index (κ1) is 14.8. The number of thiazole rings is 1. The molecule has 1 aliphatic carbocycles. The van der Waals surface area contributed by atoms with Crippen LogP contribution >= 0.6 is 11.3 Å². The summed E-state index contributed by atoms with van der Waals surface area (Å²) in [6, 6.07) is 5.26. The van der Waals surface area contributed by atoms with Gasteiger partial charge in [0.2, 0.25) is 0 Å². The number of rotatable bonds is 4. The second-order valence-corrected chi connectivity index (χ2v) is 6.49. The molecule has 2 atom stereocenters. The predicted molar refractivity (Wildman–Crippen MR) is 86.2 cm³/mol. The Balaban J connectivity index is 1.54. The number of aromatic nitrogens is 1. The van der Waals surface area contributed by atoms with Crippen molar-refractivity contribution in [3.05, 3.63) is 45.9 Å². The summed E-state index contributed by atoms with van der Waals surface area (Å²) in [6.07, 6.45) is 3.39. The average molecular weight is 317 g/mol. The van der Waals surface area contributed by atoms with E-state index in [0.717, 1.165) is 29.0 Å². The Morgan fingerprint density at radius 1 is 1.55 bits per heavy atom. The maximum absolute atomic E-state index is 12.1. The van der Waals surface area contributed by atoms with Crippen LogP contribution < -0.4 is 10.6 Å². The van der Waals surface area contributed by atoms with Gasteiger partial charge in [0, 0.05) is 24.0 Å². The van der Waals surface area contributed by atoms with Gasteiger partial charge in [-0.05, 0) is 30.0 Å². The molecule has 3 N–H and O–H groups in total. The number of hydrogen-bond donors (Lipinski definition) is 3. The van der Waals surface area contributed by atoms with Crippen LogP contribution in [0.1, 0.15) is 41.4 Å². The number of nitrogens with zero attached hydrogens (tertiary/aromatic N) is 1. The van der Waals surface area contributed by atoms with Crippen molar-refractivity contribution in [2.45, 2.75) is 31.7 Å². The normalized spacial score (nSPS) is 17.8. The topological polar surface area (TPSA) is 74.2 Å². The number of amides is 2. The van der Waals surface area contributed by atoms with Crippen molar-refractivity contribution in [2.75, 3.05) is 6.54 Å². The summed E-state index contributed by atoms with van der Waals surface area (Å²) >= 11 is 1.60. The van der Waals surface area contributed by atoms with E-state index in [1.807, 2.05) is 24.4 Å². The van der Waals surface area contributed by atoms with E-state index >= 15 is 0 Å². The Morgan fingerprint density at radius 3 is 3.18 bits per heavy atom. The minimum atomic E-state index is -0.176. The predicted octanol–water partition coefficient (Wildman–Crippen LogP) is 2.94. The lowest BCUT2D eigenvalue weighted by molar-refractivity contribution is 0.236. The zero-order valence-corrected chi connectivity index (χ0v) is 13.2. The standard InChI is InChI=1S/C16H19N3O2S/c1-10(15-17-7-8-22-15)9-18-16(21)19-13-6-5-12-11(13)3-2-4-14(12)20/h2-4,7-8,10,13,20H,5-6,9H2,1H3,(H2,18,19,21)/t10-,13-/m0/s1. The fourth-order valence-electron chi connectivity index (χ4n) is 2.81. The van der Waals surface area contributed by atoms with Gasteiger partial charge in [0.1, 0.15) is 5.75 Å². The van der Waals surface area contributed by atoms with Gasteiger partial charge in [-0.3, -0.25) is 0 Å². The molecule has 6 heteroatoms. The van der Waals surface area contributed by atoms with E-state index in [1.165, 1.54) is 0 Å². The van der Waals surface area contributed by atoms with Gasteiger partial charge < -0.3 is 15.7 Å². The molecule has 0 spiro atoms. The van der Waals surface area contributed by atoms with E-state index < -0.39 is 0 Å². The van der Waals surface area contributed by atoms with Crippen molar-refractivity contribution in [1.29, 1.82) is 0 Å². The second kappa shape index (κ2) is 6.36. The quantitative estimate of drug-likeness (QED) is 0.811. The van der Waals surface area contributed by atoms with Crippen LogP contribution in [0.15, 0.2) is 29.8 Å². The summed E-state index contributed by atoms with van der Waals surface area (Å²) in [5, 5.41) is 18.7. The van der Waals surface area contributed by atoms with E-state index in [0.29, 0.717) is 12.3 Å². The first-order valence-electron chi connectivity index (χ1n) is 7.39. The summed E-state index contributed by atoms with van der Waals surface area (Å²) < 4.78 is 0. The SMILES string of the molecule is C[C@@H](CNC(=O)N[C@H]1CCc2c(O)cccc21)c1nccs1. The molecule has 0 radical (unpaired) electrons. The molecule has 2 aromatic rings. The van der Waals surface area contributed by atoms with Crippen LogP contribution in [0.25, 0.3) is 0 Å². The molecule has 116 valence electrons. The van der Waals surface area contributed by atoms with Crippen molar-refractivity contribution in [1.82, 2.24) is 15.6 Å². The van der Waals surface area contributed by atoms with Gasteiger partial charge in [0.25, 0.3) is 0 Å². The number of phenols is 1. The highest BCUT2D eigenvalue weighted by atomic mass is 32.1. The van der Waals surface area contributed by atoms with Crippen LogP contribution in [-0.2, 0) is 6.42 Å². The van der Waals surface area contributed by atoms with Crippen molar-refractivity contribution in [3.63, 3.8) is 0 Å². The third-order valence-corrected chi connectivity index (χ3v) is 5.00. The number of benzene rings is 1. The van der Waals surface area contributed by atoms with Crippen molar-refractivity contribution >= 4 is 17.4 Å². The van der Waals surface area contributed by atoms with Crippen molar-refractivity contribution in [2.24, 2.45) is 0 Å². The number of fused-ring (bicyclic) bond motifs is 1. The molecular weight excluding hydrogens is 298 g/mol. The number of carbonyl (C=O) groups is 1. The first-order chi connectivity index (χ1) is 10.6. The summed E-state index contributed by atoms with van der Waals surface area (Å²) in [7, 11) is 0. The second-order valence-electron chi connectivity index (χ2n) is 5.56. The Morgan fingerprint density at radius 2 is 2.41 bits per heavy atom. The van der Waals surface area contributed by atoms with E-state index in [9.17, 15) is 9.90 Å². The molecule has 3 rings (SSSR count). The van der Waals surface area contributed by atoms with E-state index in [2.05, 4.69) is 15.6 Å². The minimum absolute atomic E-state index is 0.0303. The number of nitrogens with one attached hydrogen (secondary N) is 2. The van der Waals surface area contributed by atoms with Gasteiger partial charge in [-0.15, -0.1) is 11.3 Å². The number of hydrogen-bond acceptors (Lipinski definition) is 4. The van der Waals surface area contributed by atoms with Crippen LogP contribution in [-0.4, -0.2) is 22.7 Å². The minimum Gasteiger partial charge on any atom is -0.508 e. The molecule has 0 bridgehead atoms. The lowest BCUT2D eigenvalue weighted by Crippen LogP contribution is -2.39. The highest BCUT2D eigenvalue weighted by Crippen LogP contribution is 2.36. The van der Waals surface area contributed by atoms with Gasteiger partial charge in [-0.1, -0.05) is 19.1 Å². The molecule has 0 unspecified atom stereocenters. The van der Waals surface area contributed by atoms with Crippen molar-refractivity contribution < 1.29 is 9.90 Å². The zero-order chi connectivity index (χ0) is 15.5. The van der Waals surface area contributed by atoms with Crippen LogP contribution in [0.2, 0.25) is 0 Å². The third kappa shape index (κ3) is 3.06. The molecule has 5 nitrogen and oxygen atoms in total. The Hall–Kier alpha value is -2.08. The van der Waals surface area contributed by atoms with Crippen LogP contribution in [0.3, 0.4) is 0 Å². The maximum Gasteiger partial charge on any atom is 0.315 e. The maximum atomic E-state index is 12.1. The van der Waals surface area contributed by atoms with Gasteiger partial charge in [0.15, 0.2) is 0 Å². The molecule has 0 saturated heterocycles. The third-order valence-electron chi connectivity index (χ3n) is 3.99. The molecule has 22 heavy (non-hydrogen) atoms. The molecule has 1 aromatic heterocycles. The van der Waals surface area contributed by atoms with E-state index in [-0.39, 0.29) is 18.0 Å². The average Bonchev–Trinajstić information content (AvgIpc) is 3.16. The van der Waals surface area contributed by atoms with Gasteiger partial charge >= 0.3 is 6.03 Å². The molecule has 2 amide bonds. The molecule has 0 fully saturated rings. The molecule has 0 saturated carbocycles. The van der Waals surface area contributed by atoms with Gasteiger partial charge in [0.05, 0.1) is 11.0 Å². The lowest BCUT2D eigenvalue weighted by atomic mass is 10.1. The molecular formula is C16H19N3O2S. The smallest absolute Gasteiger partial charge is 0.315 e. The number of aromatic hydroxyl groups is 1. The summed E-state index contributed by atoms with van der Waals surface area (Å²) in [5.74, 6) is 0.519. The van der Waals surface area contributed by atoms with E-state index in [4.69, 9.17) is 0 Å². The van der Waals surface area contributed by atoms with Gasteiger partial charge in [-0.2, -0.15) is 0 Å². The molecule has 1 heterocycles. The largest absolute Gasteiger partial charge is 0.508 e. The fourth-order valence-corrected chi connectivity index (χ4v) is 3.50. The molecule has 0 aliphatic heterocycles. The lowest BCUT2D eigenvalue weighted by Gasteiger charge is -2.16. The summed E-state index contributed by atoms with van der Waals surface area (Å²) in [5.41, 5.74) is 1.96. The summed E-state index contributed by atoms with van der Waals surface area (Å²) in [4.78, 5) is 16.3. The fraction of sp³-hybridized carbons (Fsp3) is 0.375. The number of urea groups is 1. The first-order valence-corrected chi connectivity index (χ1v) is 8.27. The number of phenolic OH excluding ortho intramolecular Hbond substituents is 1. The highest BCUT2D eigenvalue weighted by molar-refractivity contribution is 7.09. The van der Waals surface area contributed by atoms with E-state index in [1.54, 1.807) is 23.6 Å². The van der Waals surface area contributed by atoms with Gasteiger partial charge in [-0.25, -0.2) is 9.78 Å². The Bertz CT molecular complexity index is 657. The Kier molecular flexibility index (Phi) is 4.29. The van der Waals surface area contributed by atoms with Crippen molar-refractivity contribution in [3.8, 4) is 5.75 Å². The Labute approximate surface area is 133 Å². The number of carbonyl (C=O) groups excluding carboxylic acids is 1. The summed E-state index contributed by atoms with van der Waals surface area (Å²) in [6.45, 7) is 2.60. The molecule has 1 aromatic carbocycles. The van der Waals surface area contributed by atoms with Crippen LogP contribution in [0, 0.1) is 0 Å².